The Balaban J connectivity index is 1.05. The Hall–Kier alpha value is -5.44. The van der Waals surface area contributed by atoms with E-state index in [9.17, 15) is 0 Å². The topological polar surface area (TPSA) is 81.6 Å². The number of fused-ring (bicyclic) bond motifs is 8. The first-order valence-corrected chi connectivity index (χ1v) is 24.4. The summed E-state index contributed by atoms with van der Waals surface area (Å²) in [4.78, 5) is 14.9. The van der Waals surface area contributed by atoms with E-state index < -0.39 is 0 Å². The summed E-state index contributed by atoms with van der Waals surface area (Å²) in [6.45, 7) is 10.7. The molecule has 0 unspecified atom stereocenters. The molecule has 1 aliphatic heterocycles. The summed E-state index contributed by atoms with van der Waals surface area (Å²) in [6, 6.07) is 34.4. The summed E-state index contributed by atoms with van der Waals surface area (Å²) in [6.07, 6.45) is 19.9. The van der Waals surface area contributed by atoms with Crippen LogP contribution in [0.2, 0.25) is 0 Å². The lowest BCUT2D eigenvalue weighted by atomic mass is 10.0. The highest BCUT2D eigenvalue weighted by Crippen LogP contribution is 2.25. The molecule has 0 amide bonds. The Morgan fingerprint density at radius 3 is 1.25 bits per heavy atom. The Labute approximate surface area is 382 Å². The lowest BCUT2D eigenvalue weighted by molar-refractivity contribution is -0.890. The second-order valence-electron chi connectivity index (χ2n) is 19.4. The minimum atomic E-state index is 0.717. The van der Waals surface area contributed by atoms with Crippen LogP contribution >= 0.6 is 0 Å². The number of rotatable bonds is 24. The van der Waals surface area contributed by atoms with E-state index in [-0.39, 0.29) is 0 Å². The van der Waals surface area contributed by atoms with Gasteiger partial charge in [0.15, 0.2) is 0 Å². The van der Waals surface area contributed by atoms with Gasteiger partial charge in [-0.15, -0.1) is 0 Å². The molecule has 4 N–H and O–H groups in total. The molecule has 0 radical (unpaired) electrons. The maximum atomic E-state index is 6.29. The number of hydrogen-bond acceptors (Lipinski definition) is 2. The van der Waals surface area contributed by atoms with Crippen LogP contribution in [-0.4, -0.2) is 96.5 Å². The molecule has 0 fully saturated rings. The zero-order valence-electron chi connectivity index (χ0n) is 39.8. The maximum Gasteiger partial charge on any atom is 0.119 e. The van der Waals surface area contributed by atoms with E-state index in [1.165, 1.54) is 77.3 Å². The first-order valence-electron chi connectivity index (χ1n) is 24.4. The van der Waals surface area contributed by atoms with Crippen molar-refractivity contribution in [1.82, 2.24) is 19.9 Å². The molecule has 7 rings (SSSR count). The van der Waals surface area contributed by atoms with Gasteiger partial charge in [0.1, 0.15) is 11.5 Å². The minimum absolute atomic E-state index is 0.717. The number of aromatic nitrogens is 4. The highest BCUT2D eigenvalue weighted by atomic mass is 16.5. The van der Waals surface area contributed by atoms with Crippen molar-refractivity contribution < 1.29 is 18.4 Å². The lowest BCUT2D eigenvalue weighted by Gasteiger charge is -2.30. The van der Waals surface area contributed by atoms with Gasteiger partial charge < -0.3 is 38.4 Å². The second-order valence-corrected chi connectivity index (χ2v) is 19.4. The molecule has 8 nitrogen and oxygen atoms in total. The summed E-state index contributed by atoms with van der Waals surface area (Å²) < 4.78 is 14.6. The standard InChI is InChI=1S/C56H76N6O2/c1-7-9-11-12-13-14-15-16-36-62(5,6)38-18-40-64-50-29-21-44(22-30-50)56-53-33-25-47(59-53)41-45-23-31-51(57-45)55(52-32-24-46(58-52)42-48-26-34-54(56)60-48)43-19-27-49(28-20-43)63-39-17-37-61(3,4)35-10-8-2/h19-34,41-42,57-60H,7-18,35-40H2,1-6H3/q+2. The molecule has 0 spiro atoms. The summed E-state index contributed by atoms with van der Waals surface area (Å²) >= 11 is 0. The van der Waals surface area contributed by atoms with E-state index >= 15 is 0 Å². The number of ether oxygens (including phenoxy) is 2. The maximum absolute atomic E-state index is 6.29. The van der Waals surface area contributed by atoms with Crippen LogP contribution in [0.15, 0.2) is 97.1 Å². The molecule has 6 aromatic rings. The van der Waals surface area contributed by atoms with Gasteiger partial charge in [0.2, 0.25) is 0 Å². The van der Waals surface area contributed by atoms with E-state index in [0.717, 1.165) is 119 Å². The summed E-state index contributed by atoms with van der Waals surface area (Å²) in [5, 5.41) is 4.12. The largest absolute Gasteiger partial charge is 0.493 e. The zero-order chi connectivity index (χ0) is 44.8. The molecule has 1 aliphatic rings. The predicted molar refractivity (Wildman–Crippen MR) is 266 cm³/mol. The highest BCUT2D eigenvalue weighted by Gasteiger charge is 2.17. The van der Waals surface area contributed by atoms with Crippen LogP contribution in [0, 0.1) is 0 Å². The van der Waals surface area contributed by atoms with Gasteiger partial charge in [-0.3, -0.25) is 0 Å². The normalized spacial score (nSPS) is 12.9. The van der Waals surface area contributed by atoms with Gasteiger partial charge in [-0.2, -0.15) is 0 Å². The van der Waals surface area contributed by atoms with E-state index in [1.54, 1.807) is 0 Å². The Morgan fingerprint density at radius 2 is 0.797 bits per heavy atom. The molecule has 64 heavy (non-hydrogen) atoms. The summed E-state index contributed by atoms with van der Waals surface area (Å²) in [7, 11) is 9.37. The van der Waals surface area contributed by atoms with Gasteiger partial charge in [-0.25, -0.2) is 0 Å². The third-order valence-corrected chi connectivity index (χ3v) is 12.9. The first-order chi connectivity index (χ1) is 31.1. The predicted octanol–water partition coefficient (Wildman–Crippen LogP) is 9.10. The average Bonchev–Trinajstić information content (AvgIpc) is 4.13. The number of quaternary nitrogens is 2. The van der Waals surface area contributed by atoms with Crippen LogP contribution in [0.5, 0.6) is 11.5 Å². The molecule has 4 aromatic heterocycles. The fourth-order valence-corrected chi connectivity index (χ4v) is 9.10. The number of aromatic amines is 4. The van der Waals surface area contributed by atoms with Crippen molar-refractivity contribution in [2.45, 2.75) is 90.9 Å². The molecular weight excluding hydrogens is 789 g/mol. The smallest absolute Gasteiger partial charge is 0.119 e. The average molecular weight is 865 g/mol. The Bertz CT molecular complexity index is 2600. The Kier molecular flexibility index (Phi) is 16.3. The van der Waals surface area contributed by atoms with E-state index in [4.69, 9.17) is 9.47 Å². The van der Waals surface area contributed by atoms with Crippen LogP contribution in [0.4, 0.5) is 0 Å². The van der Waals surface area contributed by atoms with Crippen molar-refractivity contribution in [3.8, 4) is 11.5 Å². The zero-order valence-corrected chi connectivity index (χ0v) is 39.8. The summed E-state index contributed by atoms with van der Waals surface area (Å²) in [5.41, 5.74) is 8.56. The third-order valence-electron chi connectivity index (χ3n) is 12.9. The molecule has 8 heteroatoms. The number of H-pyrrole nitrogens is 4. The van der Waals surface area contributed by atoms with Crippen LogP contribution in [-0.2, 0) is 0 Å². The van der Waals surface area contributed by atoms with Gasteiger partial charge in [-0.1, -0.05) is 83.1 Å². The van der Waals surface area contributed by atoms with Crippen LogP contribution in [0.25, 0.3) is 23.3 Å². The Morgan fingerprint density at radius 1 is 0.391 bits per heavy atom. The molecule has 0 saturated heterocycles. The van der Waals surface area contributed by atoms with Crippen molar-refractivity contribution >= 4 is 23.3 Å². The van der Waals surface area contributed by atoms with E-state index in [1.807, 2.05) is 0 Å². The second kappa shape index (κ2) is 22.5. The molecule has 0 saturated carbocycles. The SMILES string of the molecule is CCCCCCCCCC[N+](C)(C)CCCOc1ccc(C2=c3ccc([nH]3)=Cc3ccc([nH]3)C(c3ccc(OCCC[N+](C)(C)CCCC)cc3)=c3ccc([nH]3)=Cc3ccc2[nH]3)cc1. The lowest BCUT2D eigenvalue weighted by Crippen LogP contribution is -2.41. The number of benzene rings is 2. The summed E-state index contributed by atoms with van der Waals surface area (Å²) in [5.74, 6) is 1.81. The number of hydrogen-bond donors (Lipinski definition) is 4. The molecule has 0 atom stereocenters. The first kappa shape index (κ1) is 46.5. The van der Waals surface area contributed by atoms with Crippen molar-refractivity contribution in [3.05, 3.63) is 152 Å². The van der Waals surface area contributed by atoms with Gasteiger partial charge >= 0.3 is 0 Å². The van der Waals surface area contributed by atoms with Crippen LogP contribution < -0.4 is 30.9 Å². The van der Waals surface area contributed by atoms with Crippen LogP contribution in [0.1, 0.15) is 125 Å². The molecule has 0 aliphatic carbocycles. The van der Waals surface area contributed by atoms with Gasteiger partial charge in [0.25, 0.3) is 0 Å². The minimum Gasteiger partial charge on any atom is -0.493 e. The van der Waals surface area contributed by atoms with Crippen molar-refractivity contribution in [3.63, 3.8) is 0 Å². The van der Waals surface area contributed by atoms with Gasteiger partial charge in [0.05, 0.1) is 67.6 Å². The fourth-order valence-electron chi connectivity index (χ4n) is 9.10. The quantitative estimate of drug-likeness (QED) is 0.0362. The third kappa shape index (κ3) is 13.3. The number of nitrogens with one attached hydrogen (secondary N) is 4. The van der Waals surface area contributed by atoms with Crippen molar-refractivity contribution in [2.75, 3.05) is 67.6 Å². The fraction of sp³-hybridized carbons (Fsp3) is 0.429. The van der Waals surface area contributed by atoms with Gasteiger partial charge in [0, 0.05) is 68.2 Å². The number of unbranched alkanes of at least 4 members (excludes halogenated alkanes) is 8. The van der Waals surface area contributed by atoms with E-state index in [0.29, 0.717) is 6.61 Å². The van der Waals surface area contributed by atoms with Crippen molar-refractivity contribution in [1.29, 1.82) is 0 Å². The monoisotopic (exact) mass is 865 g/mol. The highest BCUT2D eigenvalue weighted by molar-refractivity contribution is 5.79. The van der Waals surface area contributed by atoms with Gasteiger partial charge in [-0.05, 0) is 115 Å². The van der Waals surface area contributed by atoms with E-state index in [2.05, 4.69) is 171 Å². The molecule has 8 bridgehead atoms. The number of nitrogens with zero attached hydrogens (tertiary/aromatic N) is 2. The van der Waals surface area contributed by atoms with Crippen molar-refractivity contribution in [2.24, 2.45) is 0 Å². The van der Waals surface area contributed by atoms with Crippen LogP contribution in [0.3, 0.4) is 0 Å². The molecule has 5 heterocycles. The molecule has 340 valence electrons. The molecule has 2 aromatic carbocycles. The molecular formula is C56H76N6O2+2.